The number of benzene rings is 1. The topological polar surface area (TPSA) is 93.1 Å². The zero-order valence-corrected chi connectivity index (χ0v) is 12.7. The van der Waals surface area contributed by atoms with E-state index in [9.17, 15) is 4.39 Å². The maximum Gasteiger partial charge on any atom is 0.223 e. The number of nitrogens with two attached hydrogens (primary N) is 2. The summed E-state index contributed by atoms with van der Waals surface area (Å²) in [6.45, 7) is 1.55. The fourth-order valence-corrected chi connectivity index (χ4v) is 2.76. The Morgan fingerprint density at radius 2 is 2.05 bits per heavy atom. The number of likely N-dealkylation sites (N-methyl/N-ethyl adjacent to an activating group) is 1. The maximum absolute atomic E-state index is 13.3. The van der Waals surface area contributed by atoms with E-state index in [-0.39, 0.29) is 16.8 Å². The Kier molecular flexibility index (Phi) is 3.76. The van der Waals surface area contributed by atoms with Gasteiger partial charge >= 0.3 is 0 Å². The number of hydrogen-bond acceptors (Lipinski definition) is 6. The van der Waals surface area contributed by atoms with Crippen LogP contribution in [0.1, 0.15) is 0 Å². The third kappa shape index (κ3) is 2.53. The molecular formula is C14H16ClFN6. The molecule has 0 saturated carbocycles. The van der Waals surface area contributed by atoms with Crippen molar-refractivity contribution < 1.29 is 4.39 Å². The van der Waals surface area contributed by atoms with E-state index < -0.39 is 5.82 Å². The summed E-state index contributed by atoms with van der Waals surface area (Å²) >= 11 is 6.16. The molecule has 0 radical (unpaired) electrons. The number of rotatable bonds is 3. The molecule has 0 unspecified atom stereocenters. The van der Waals surface area contributed by atoms with Crippen molar-refractivity contribution in [3.05, 3.63) is 29.0 Å². The Morgan fingerprint density at radius 3 is 2.68 bits per heavy atom. The van der Waals surface area contributed by atoms with Gasteiger partial charge in [0.1, 0.15) is 17.5 Å². The molecule has 22 heavy (non-hydrogen) atoms. The Hall–Kier alpha value is -2.12. The number of aromatic nitrogens is 2. The van der Waals surface area contributed by atoms with Crippen LogP contribution in [0.25, 0.3) is 11.1 Å². The van der Waals surface area contributed by atoms with Gasteiger partial charge < -0.3 is 21.7 Å². The minimum atomic E-state index is -0.413. The second kappa shape index (κ2) is 5.58. The number of anilines is 3. The quantitative estimate of drug-likeness (QED) is 0.793. The maximum atomic E-state index is 13.3. The summed E-state index contributed by atoms with van der Waals surface area (Å²) < 4.78 is 13.3. The van der Waals surface area contributed by atoms with Crippen molar-refractivity contribution in [3.63, 3.8) is 0 Å². The summed E-state index contributed by atoms with van der Waals surface area (Å²) in [4.78, 5) is 10.3. The highest BCUT2D eigenvalue weighted by Gasteiger charge is 2.30. The number of nitrogen functional groups attached to an aromatic ring is 2. The first-order valence-electron chi connectivity index (χ1n) is 6.80. The molecule has 1 aromatic heterocycles. The largest absolute Gasteiger partial charge is 0.383 e. The molecule has 8 heteroatoms. The number of hydrogen-bond donors (Lipinski definition) is 3. The van der Waals surface area contributed by atoms with Crippen molar-refractivity contribution in [1.82, 2.24) is 15.3 Å². The average molecular weight is 323 g/mol. The first-order chi connectivity index (χ1) is 10.5. The van der Waals surface area contributed by atoms with Gasteiger partial charge in [0.15, 0.2) is 0 Å². The third-order valence-electron chi connectivity index (χ3n) is 3.72. The van der Waals surface area contributed by atoms with Gasteiger partial charge in [-0.05, 0) is 25.2 Å². The second-order valence-corrected chi connectivity index (χ2v) is 5.59. The molecule has 6 nitrogen and oxygen atoms in total. The summed E-state index contributed by atoms with van der Waals surface area (Å²) in [5.74, 6) is 0.528. The highest BCUT2D eigenvalue weighted by Crippen LogP contribution is 2.39. The van der Waals surface area contributed by atoms with Crippen LogP contribution in [0.3, 0.4) is 0 Å². The minimum absolute atomic E-state index is 0.0994. The second-order valence-electron chi connectivity index (χ2n) is 5.18. The highest BCUT2D eigenvalue weighted by molar-refractivity contribution is 6.33. The zero-order valence-electron chi connectivity index (χ0n) is 12.0. The van der Waals surface area contributed by atoms with Gasteiger partial charge in [-0.25, -0.2) is 4.39 Å². The molecule has 2 heterocycles. The van der Waals surface area contributed by atoms with Crippen molar-refractivity contribution >= 4 is 29.2 Å². The molecule has 2 aromatic rings. The molecule has 0 bridgehead atoms. The lowest BCUT2D eigenvalue weighted by atomic mass is 10.0. The van der Waals surface area contributed by atoms with Gasteiger partial charge in [-0.3, -0.25) is 0 Å². The first-order valence-corrected chi connectivity index (χ1v) is 7.18. The van der Waals surface area contributed by atoms with Crippen molar-refractivity contribution in [2.45, 2.75) is 6.04 Å². The van der Waals surface area contributed by atoms with Crippen molar-refractivity contribution in [2.75, 3.05) is 36.5 Å². The first kappa shape index (κ1) is 14.8. The normalized spacial score (nSPS) is 15.0. The molecule has 3 rings (SSSR count). The van der Waals surface area contributed by atoms with E-state index in [1.807, 2.05) is 11.9 Å². The molecule has 1 aromatic carbocycles. The number of nitrogens with one attached hydrogen (secondary N) is 1. The molecule has 0 aliphatic carbocycles. The molecule has 1 fully saturated rings. The molecule has 0 atom stereocenters. The lowest BCUT2D eigenvalue weighted by Gasteiger charge is -2.41. The van der Waals surface area contributed by atoms with Gasteiger partial charge in [-0.2, -0.15) is 9.97 Å². The summed E-state index contributed by atoms with van der Waals surface area (Å²) in [6.07, 6.45) is 0. The van der Waals surface area contributed by atoms with Crippen LogP contribution in [-0.4, -0.2) is 36.1 Å². The highest BCUT2D eigenvalue weighted by atomic mass is 35.5. The summed E-state index contributed by atoms with van der Waals surface area (Å²) in [5, 5.41) is 3.44. The van der Waals surface area contributed by atoms with E-state index in [0.29, 0.717) is 23.0 Å². The SMILES string of the molecule is CNC1CN(c2nc(N)nc(N)c2-c2ccc(F)cc2Cl)C1. The van der Waals surface area contributed by atoms with Crippen molar-refractivity contribution in [1.29, 1.82) is 0 Å². The Labute approximate surface area is 132 Å². The van der Waals surface area contributed by atoms with Gasteiger partial charge in [-0.15, -0.1) is 0 Å². The van der Waals surface area contributed by atoms with E-state index >= 15 is 0 Å². The molecule has 116 valence electrons. The third-order valence-corrected chi connectivity index (χ3v) is 4.04. The van der Waals surface area contributed by atoms with Crippen LogP contribution in [0.4, 0.5) is 22.0 Å². The molecule has 5 N–H and O–H groups in total. The summed E-state index contributed by atoms with van der Waals surface area (Å²) in [5.41, 5.74) is 12.9. The van der Waals surface area contributed by atoms with E-state index in [4.69, 9.17) is 23.1 Å². The molecule has 1 aliphatic rings. The summed E-state index contributed by atoms with van der Waals surface area (Å²) in [6, 6.07) is 4.52. The van der Waals surface area contributed by atoms with Crippen LogP contribution >= 0.6 is 11.6 Å². The van der Waals surface area contributed by atoms with Crippen LogP contribution in [-0.2, 0) is 0 Å². The lowest BCUT2D eigenvalue weighted by Crippen LogP contribution is -2.57. The fraction of sp³-hybridized carbons (Fsp3) is 0.286. The van der Waals surface area contributed by atoms with Gasteiger partial charge in [0.25, 0.3) is 0 Å². The van der Waals surface area contributed by atoms with Gasteiger partial charge in [-0.1, -0.05) is 11.6 Å². The predicted octanol–water partition coefficient (Wildman–Crippen LogP) is 1.51. The predicted molar refractivity (Wildman–Crippen MR) is 86.3 cm³/mol. The fourth-order valence-electron chi connectivity index (χ4n) is 2.50. The van der Waals surface area contributed by atoms with E-state index in [2.05, 4.69) is 15.3 Å². The Morgan fingerprint density at radius 1 is 1.32 bits per heavy atom. The average Bonchev–Trinajstić information content (AvgIpc) is 2.39. The lowest BCUT2D eigenvalue weighted by molar-refractivity contribution is 0.447. The Balaban J connectivity index is 2.10. The zero-order chi connectivity index (χ0) is 15.9. The molecular weight excluding hydrogens is 307 g/mol. The van der Waals surface area contributed by atoms with Crippen molar-refractivity contribution in [3.8, 4) is 11.1 Å². The van der Waals surface area contributed by atoms with Crippen LogP contribution < -0.4 is 21.7 Å². The summed E-state index contributed by atoms with van der Waals surface area (Å²) in [7, 11) is 1.91. The van der Waals surface area contributed by atoms with Gasteiger partial charge in [0, 0.05) is 24.7 Å². The van der Waals surface area contributed by atoms with Gasteiger partial charge in [0.2, 0.25) is 5.95 Å². The number of nitrogens with zero attached hydrogens (tertiary/aromatic N) is 3. The van der Waals surface area contributed by atoms with E-state index in [1.54, 1.807) is 6.07 Å². The minimum Gasteiger partial charge on any atom is -0.383 e. The van der Waals surface area contributed by atoms with Crippen molar-refractivity contribution in [2.24, 2.45) is 0 Å². The standard InChI is InChI=1S/C14H16ClFN6/c1-19-8-5-22(6-8)13-11(12(17)20-14(18)21-13)9-3-2-7(16)4-10(9)15/h2-4,8,19H,5-6H2,1H3,(H4,17,18,20,21). The van der Waals surface area contributed by atoms with Crippen LogP contribution in [0.2, 0.25) is 5.02 Å². The van der Waals surface area contributed by atoms with E-state index in [1.165, 1.54) is 12.1 Å². The van der Waals surface area contributed by atoms with E-state index in [0.717, 1.165) is 13.1 Å². The monoisotopic (exact) mass is 322 g/mol. The van der Waals surface area contributed by atoms with Crippen LogP contribution in [0.5, 0.6) is 0 Å². The smallest absolute Gasteiger partial charge is 0.223 e. The number of halogens is 2. The van der Waals surface area contributed by atoms with Crippen LogP contribution in [0, 0.1) is 5.82 Å². The molecule has 1 saturated heterocycles. The van der Waals surface area contributed by atoms with Gasteiger partial charge in [0.05, 0.1) is 10.6 Å². The molecule has 0 spiro atoms. The molecule has 1 aliphatic heterocycles. The van der Waals surface area contributed by atoms with Crippen LogP contribution in [0.15, 0.2) is 18.2 Å². The Bertz CT molecular complexity index is 717. The molecule has 0 amide bonds.